The summed E-state index contributed by atoms with van der Waals surface area (Å²) >= 11 is 0. The zero-order chi connectivity index (χ0) is 22.4. The lowest BCUT2D eigenvalue weighted by molar-refractivity contribution is -0.121. The number of carbonyl (C=O) groups excluding carboxylic acids is 2. The largest absolute Gasteiger partial charge is 0.491 e. The van der Waals surface area contributed by atoms with Crippen molar-refractivity contribution in [1.82, 2.24) is 25.3 Å². The molecule has 0 saturated carbocycles. The number of fused-ring (bicyclic) bond motifs is 1. The van der Waals surface area contributed by atoms with Crippen LogP contribution in [-0.4, -0.2) is 51.9 Å². The van der Waals surface area contributed by atoms with Gasteiger partial charge in [0, 0.05) is 30.3 Å². The van der Waals surface area contributed by atoms with Crippen molar-refractivity contribution in [1.29, 1.82) is 0 Å². The Morgan fingerprint density at radius 1 is 1.19 bits per heavy atom. The highest BCUT2D eigenvalue weighted by Crippen LogP contribution is 2.25. The monoisotopic (exact) mass is 427 g/mol. The maximum Gasteiger partial charge on any atom is 0.318 e. The van der Waals surface area contributed by atoms with Gasteiger partial charge in [0.1, 0.15) is 12.4 Å². The molecule has 2 N–H and O–H groups in total. The number of urea groups is 1. The zero-order valence-corrected chi connectivity index (χ0v) is 18.9. The van der Waals surface area contributed by atoms with E-state index in [9.17, 15) is 9.59 Å². The van der Waals surface area contributed by atoms with Crippen molar-refractivity contribution in [2.75, 3.05) is 13.2 Å². The molecule has 1 atom stereocenters. The van der Waals surface area contributed by atoms with E-state index in [4.69, 9.17) is 4.74 Å². The fraction of sp³-hybridized carbons (Fsp3) is 0.522. The lowest BCUT2D eigenvalue weighted by atomic mass is 10.0. The van der Waals surface area contributed by atoms with E-state index in [-0.39, 0.29) is 24.0 Å². The van der Waals surface area contributed by atoms with Crippen molar-refractivity contribution >= 4 is 11.9 Å². The van der Waals surface area contributed by atoms with Gasteiger partial charge in [-0.15, -0.1) is 0 Å². The van der Waals surface area contributed by atoms with Crippen LogP contribution in [-0.2, 0) is 24.3 Å². The van der Waals surface area contributed by atoms with Crippen LogP contribution in [0.2, 0.25) is 0 Å². The molecule has 3 rings (SSSR count). The van der Waals surface area contributed by atoms with E-state index in [2.05, 4.69) is 15.7 Å². The Morgan fingerprint density at radius 3 is 2.71 bits per heavy atom. The molecule has 8 heteroatoms. The lowest BCUT2D eigenvalue weighted by Gasteiger charge is -2.22. The third kappa shape index (κ3) is 6.73. The Bertz CT molecular complexity index is 908. The molecule has 1 unspecified atom stereocenters. The van der Waals surface area contributed by atoms with Gasteiger partial charge in [0.05, 0.1) is 25.3 Å². The van der Waals surface area contributed by atoms with Gasteiger partial charge in [-0.3, -0.25) is 9.48 Å². The summed E-state index contributed by atoms with van der Waals surface area (Å²) in [6.07, 6.45) is 2.95. The summed E-state index contributed by atoms with van der Waals surface area (Å²) in [7, 11) is 0. The third-order valence-electron chi connectivity index (χ3n) is 5.09. The minimum absolute atomic E-state index is 0.000253. The molecule has 3 amide bonds. The molecule has 1 aromatic carbocycles. The first-order chi connectivity index (χ1) is 14.8. The molecule has 1 aliphatic rings. The second kappa shape index (κ2) is 10.3. The summed E-state index contributed by atoms with van der Waals surface area (Å²) in [6.45, 7) is 9.96. The number of ether oxygens (including phenoxy) is 1. The predicted molar refractivity (Wildman–Crippen MR) is 119 cm³/mol. The SMILES string of the molecule is Cc1ccn(CC(C)NC(=O)CCc2ccc3c(c2)CN(C(=O)NC(C)C)CCO3)n1. The van der Waals surface area contributed by atoms with Gasteiger partial charge in [0.2, 0.25) is 5.91 Å². The average Bonchev–Trinajstić information content (AvgIpc) is 2.98. The quantitative estimate of drug-likeness (QED) is 0.711. The van der Waals surface area contributed by atoms with Gasteiger partial charge in [-0.05, 0) is 51.8 Å². The standard InChI is InChI=1S/C23H33N5O3/c1-16(2)24-23(30)27-11-12-31-21-7-5-19(13-20(21)15-27)6-8-22(29)25-18(4)14-28-10-9-17(3)26-28/h5,7,9-10,13,16,18H,6,8,11-12,14-15H2,1-4H3,(H,24,30)(H,25,29). The molecule has 0 fully saturated rings. The first-order valence-corrected chi connectivity index (χ1v) is 10.9. The maximum atomic E-state index is 12.4. The van der Waals surface area contributed by atoms with Gasteiger partial charge in [0.25, 0.3) is 0 Å². The molecule has 8 nitrogen and oxygen atoms in total. The van der Waals surface area contributed by atoms with E-state index < -0.39 is 0 Å². The van der Waals surface area contributed by atoms with Crippen LogP contribution >= 0.6 is 0 Å². The topological polar surface area (TPSA) is 88.5 Å². The summed E-state index contributed by atoms with van der Waals surface area (Å²) in [4.78, 5) is 26.6. The highest BCUT2D eigenvalue weighted by atomic mass is 16.5. The normalized spacial score (nSPS) is 14.4. The predicted octanol–water partition coefficient (Wildman–Crippen LogP) is 2.64. The smallest absolute Gasteiger partial charge is 0.318 e. The average molecular weight is 428 g/mol. The first kappa shape index (κ1) is 22.7. The van der Waals surface area contributed by atoms with Crippen LogP contribution in [0.1, 0.15) is 44.0 Å². The summed E-state index contributed by atoms with van der Waals surface area (Å²) < 4.78 is 7.66. The summed E-state index contributed by atoms with van der Waals surface area (Å²) in [5.74, 6) is 0.816. The van der Waals surface area contributed by atoms with E-state index in [0.29, 0.717) is 39.1 Å². The van der Waals surface area contributed by atoms with E-state index in [1.807, 2.05) is 62.8 Å². The van der Waals surface area contributed by atoms with Crippen molar-refractivity contribution < 1.29 is 14.3 Å². The van der Waals surface area contributed by atoms with Gasteiger partial charge >= 0.3 is 6.03 Å². The third-order valence-corrected chi connectivity index (χ3v) is 5.09. The van der Waals surface area contributed by atoms with Gasteiger partial charge in [-0.25, -0.2) is 4.79 Å². The van der Waals surface area contributed by atoms with Crippen molar-refractivity contribution in [3.63, 3.8) is 0 Å². The van der Waals surface area contributed by atoms with Gasteiger partial charge in [-0.1, -0.05) is 12.1 Å². The molecule has 1 aliphatic heterocycles. The molecule has 2 heterocycles. The van der Waals surface area contributed by atoms with E-state index in [1.165, 1.54) is 0 Å². The van der Waals surface area contributed by atoms with E-state index in [0.717, 1.165) is 22.6 Å². The molecule has 0 spiro atoms. The van der Waals surface area contributed by atoms with Crippen molar-refractivity contribution in [2.24, 2.45) is 0 Å². The number of rotatable bonds is 7. The Hall–Kier alpha value is -3.03. The second-order valence-corrected chi connectivity index (χ2v) is 8.46. The number of nitrogens with zero attached hydrogens (tertiary/aromatic N) is 3. The van der Waals surface area contributed by atoms with Crippen LogP contribution in [0.4, 0.5) is 4.79 Å². The lowest BCUT2D eigenvalue weighted by Crippen LogP contribution is -2.43. The Labute approximate surface area is 183 Å². The van der Waals surface area contributed by atoms with Crippen molar-refractivity contribution in [3.8, 4) is 5.75 Å². The first-order valence-electron chi connectivity index (χ1n) is 10.9. The molecule has 168 valence electrons. The highest BCUT2D eigenvalue weighted by molar-refractivity contribution is 5.76. The number of carbonyl (C=O) groups is 2. The van der Waals surface area contributed by atoms with Crippen molar-refractivity contribution in [2.45, 2.75) is 65.7 Å². The van der Waals surface area contributed by atoms with Crippen LogP contribution in [0.5, 0.6) is 5.75 Å². The number of aryl methyl sites for hydroxylation is 2. The molecular formula is C23H33N5O3. The molecule has 2 aromatic rings. The van der Waals surface area contributed by atoms with Crippen LogP contribution in [0.15, 0.2) is 30.5 Å². The Morgan fingerprint density at radius 2 is 2.00 bits per heavy atom. The fourth-order valence-corrected chi connectivity index (χ4v) is 3.61. The van der Waals surface area contributed by atoms with Crippen LogP contribution in [0.25, 0.3) is 0 Å². The molecule has 0 aliphatic carbocycles. The molecule has 0 bridgehead atoms. The summed E-state index contributed by atoms with van der Waals surface area (Å²) in [5, 5.41) is 10.3. The summed E-state index contributed by atoms with van der Waals surface area (Å²) in [6, 6.07) is 7.92. The van der Waals surface area contributed by atoms with Crippen molar-refractivity contribution in [3.05, 3.63) is 47.3 Å². The van der Waals surface area contributed by atoms with Gasteiger partial charge in [0.15, 0.2) is 0 Å². The van der Waals surface area contributed by atoms with Gasteiger partial charge < -0.3 is 20.3 Å². The fourth-order valence-electron chi connectivity index (χ4n) is 3.61. The second-order valence-electron chi connectivity index (χ2n) is 8.46. The molecular weight excluding hydrogens is 394 g/mol. The Kier molecular flexibility index (Phi) is 7.55. The van der Waals surface area contributed by atoms with Crippen LogP contribution in [0.3, 0.4) is 0 Å². The molecule has 0 saturated heterocycles. The van der Waals surface area contributed by atoms with E-state index in [1.54, 1.807) is 4.90 Å². The zero-order valence-electron chi connectivity index (χ0n) is 18.9. The number of hydrogen-bond donors (Lipinski definition) is 2. The number of benzene rings is 1. The van der Waals surface area contributed by atoms with Crippen LogP contribution in [0, 0.1) is 6.92 Å². The molecule has 0 radical (unpaired) electrons. The molecule has 1 aromatic heterocycles. The Balaban J connectivity index is 1.53. The van der Waals surface area contributed by atoms with E-state index >= 15 is 0 Å². The minimum Gasteiger partial charge on any atom is -0.491 e. The van der Waals surface area contributed by atoms with Crippen LogP contribution < -0.4 is 15.4 Å². The maximum absolute atomic E-state index is 12.4. The molecule has 31 heavy (non-hydrogen) atoms. The van der Waals surface area contributed by atoms with Gasteiger partial charge in [-0.2, -0.15) is 5.10 Å². The highest BCUT2D eigenvalue weighted by Gasteiger charge is 2.20. The number of aromatic nitrogens is 2. The number of amides is 3. The number of hydrogen-bond acceptors (Lipinski definition) is 4. The summed E-state index contributed by atoms with van der Waals surface area (Å²) in [5.41, 5.74) is 2.99. The number of nitrogens with one attached hydrogen (secondary N) is 2. The minimum atomic E-state index is -0.0856.